The fourth-order valence-corrected chi connectivity index (χ4v) is 4.53. The minimum absolute atomic E-state index is 0.180. The Labute approximate surface area is 129 Å². The van der Waals surface area contributed by atoms with Crippen molar-refractivity contribution < 1.29 is 4.79 Å². The first kappa shape index (κ1) is 15.1. The lowest BCUT2D eigenvalue weighted by Crippen LogP contribution is -2.58. The van der Waals surface area contributed by atoms with Crippen LogP contribution in [0.5, 0.6) is 0 Å². The first-order valence-electron chi connectivity index (χ1n) is 8.97. The maximum absolute atomic E-state index is 12.5. The van der Waals surface area contributed by atoms with Crippen molar-refractivity contribution in [2.45, 2.75) is 76.3 Å². The highest BCUT2D eigenvalue weighted by Gasteiger charge is 2.37. The van der Waals surface area contributed by atoms with Gasteiger partial charge < -0.3 is 15.5 Å². The van der Waals surface area contributed by atoms with Crippen molar-refractivity contribution in [2.24, 2.45) is 5.92 Å². The summed E-state index contributed by atoms with van der Waals surface area (Å²) in [6.07, 6.45) is 11.3. The van der Waals surface area contributed by atoms with Crippen LogP contribution >= 0.6 is 0 Å². The van der Waals surface area contributed by atoms with E-state index in [4.69, 9.17) is 0 Å². The van der Waals surface area contributed by atoms with E-state index >= 15 is 0 Å². The Morgan fingerprint density at radius 1 is 1.19 bits per heavy atom. The first-order valence-corrected chi connectivity index (χ1v) is 8.97. The Morgan fingerprint density at radius 2 is 2.00 bits per heavy atom. The van der Waals surface area contributed by atoms with Gasteiger partial charge in [0, 0.05) is 24.7 Å². The lowest BCUT2D eigenvalue weighted by atomic mass is 9.75. The summed E-state index contributed by atoms with van der Waals surface area (Å²) < 4.78 is 0. The minimum atomic E-state index is 0.180. The van der Waals surface area contributed by atoms with E-state index in [9.17, 15) is 4.79 Å². The van der Waals surface area contributed by atoms with Gasteiger partial charge in [0.2, 0.25) is 0 Å². The summed E-state index contributed by atoms with van der Waals surface area (Å²) in [5.41, 5.74) is 0.323. The third-order valence-corrected chi connectivity index (χ3v) is 5.71. The maximum Gasteiger partial charge on any atom is 0.317 e. The largest absolute Gasteiger partial charge is 0.335 e. The van der Waals surface area contributed by atoms with Crippen LogP contribution in [0, 0.1) is 5.92 Å². The Hall–Kier alpha value is -0.770. The third-order valence-electron chi connectivity index (χ3n) is 5.71. The number of nitrogens with one attached hydrogen (secondary N) is 2. The number of piperidine rings is 2. The smallest absolute Gasteiger partial charge is 0.317 e. The molecule has 3 aliphatic rings. The molecule has 2 saturated heterocycles. The maximum atomic E-state index is 12.5. The molecule has 2 unspecified atom stereocenters. The average molecular weight is 293 g/mol. The molecule has 21 heavy (non-hydrogen) atoms. The van der Waals surface area contributed by atoms with Crippen molar-refractivity contribution in [1.29, 1.82) is 0 Å². The van der Waals surface area contributed by atoms with Gasteiger partial charge in [-0.3, -0.25) is 0 Å². The van der Waals surface area contributed by atoms with Crippen LogP contribution in [0.3, 0.4) is 0 Å². The second-order valence-electron chi connectivity index (χ2n) is 7.60. The molecule has 4 nitrogen and oxygen atoms in total. The number of nitrogens with zero attached hydrogens (tertiary/aromatic N) is 1. The zero-order valence-electron chi connectivity index (χ0n) is 13.5. The van der Waals surface area contributed by atoms with Gasteiger partial charge in [0.15, 0.2) is 0 Å². The SMILES string of the molecule is CC1CCCN(C(=O)NC2CCNC3(CCCCC3)C2)C1. The third kappa shape index (κ3) is 3.71. The predicted octanol–water partition coefficient (Wildman–Crippen LogP) is 2.88. The second kappa shape index (κ2) is 6.55. The molecule has 3 rings (SSSR count). The summed E-state index contributed by atoms with van der Waals surface area (Å²) in [5.74, 6) is 0.655. The fourth-order valence-electron chi connectivity index (χ4n) is 4.53. The summed E-state index contributed by atoms with van der Waals surface area (Å²) in [5, 5.41) is 7.09. The predicted molar refractivity (Wildman–Crippen MR) is 85.3 cm³/mol. The van der Waals surface area contributed by atoms with Gasteiger partial charge in [0.05, 0.1) is 0 Å². The second-order valence-corrected chi connectivity index (χ2v) is 7.60. The topological polar surface area (TPSA) is 44.4 Å². The van der Waals surface area contributed by atoms with E-state index in [-0.39, 0.29) is 6.03 Å². The van der Waals surface area contributed by atoms with Gasteiger partial charge in [-0.05, 0) is 51.0 Å². The number of likely N-dealkylation sites (tertiary alicyclic amines) is 1. The monoisotopic (exact) mass is 293 g/mol. The summed E-state index contributed by atoms with van der Waals surface area (Å²) in [6.45, 7) is 5.18. The van der Waals surface area contributed by atoms with Gasteiger partial charge in [0.25, 0.3) is 0 Å². The molecule has 2 aliphatic heterocycles. The molecular formula is C17H31N3O. The summed E-state index contributed by atoms with van der Waals surface area (Å²) in [7, 11) is 0. The van der Waals surface area contributed by atoms with Crippen molar-refractivity contribution in [3.8, 4) is 0 Å². The molecule has 1 spiro atoms. The van der Waals surface area contributed by atoms with Crippen LogP contribution in [0.25, 0.3) is 0 Å². The standard InChI is InChI=1S/C17H31N3O/c1-14-6-5-11-20(13-14)16(21)19-15-7-10-18-17(12-15)8-3-2-4-9-17/h14-15,18H,2-13H2,1H3,(H,19,21). The fraction of sp³-hybridized carbons (Fsp3) is 0.941. The highest BCUT2D eigenvalue weighted by molar-refractivity contribution is 5.74. The van der Waals surface area contributed by atoms with Gasteiger partial charge in [-0.1, -0.05) is 26.2 Å². The molecule has 0 aromatic heterocycles. The van der Waals surface area contributed by atoms with E-state index in [1.54, 1.807) is 0 Å². The van der Waals surface area contributed by atoms with Gasteiger partial charge in [-0.25, -0.2) is 4.79 Å². The molecule has 0 bridgehead atoms. The van der Waals surface area contributed by atoms with E-state index in [0.717, 1.165) is 38.9 Å². The van der Waals surface area contributed by atoms with E-state index in [0.29, 0.717) is 17.5 Å². The molecule has 0 aromatic rings. The number of hydrogen-bond acceptors (Lipinski definition) is 2. The van der Waals surface area contributed by atoms with Crippen LogP contribution in [-0.4, -0.2) is 42.1 Å². The Balaban J connectivity index is 1.53. The molecule has 2 heterocycles. The van der Waals surface area contributed by atoms with Crippen LogP contribution in [0.2, 0.25) is 0 Å². The van der Waals surface area contributed by atoms with E-state index < -0.39 is 0 Å². The molecule has 1 aliphatic carbocycles. The molecule has 2 amide bonds. The molecule has 2 N–H and O–H groups in total. The highest BCUT2D eigenvalue weighted by Crippen LogP contribution is 2.34. The van der Waals surface area contributed by atoms with Crippen molar-refractivity contribution in [3.63, 3.8) is 0 Å². The average Bonchev–Trinajstić information content (AvgIpc) is 2.48. The highest BCUT2D eigenvalue weighted by atomic mass is 16.2. The molecular weight excluding hydrogens is 262 g/mol. The summed E-state index contributed by atoms with van der Waals surface area (Å²) in [6, 6.07) is 0.550. The number of urea groups is 1. The van der Waals surface area contributed by atoms with Gasteiger partial charge in [0.1, 0.15) is 0 Å². The first-order chi connectivity index (χ1) is 10.2. The normalized spacial score (nSPS) is 32.9. The van der Waals surface area contributed by atoms with E-state index in [2.05, 4.69) is 17.6 Å². The molecule has 3 fully saturated rings. The Kier molecular flexibility index (Phi) is 4.72. The lowest BCUT2D eigenvalue weighted by Gasteiger charge is -2.45. The molecule has 1 saturated carbocycles. The number of hydrogen-bond donors (Lipinski definition) is 2. The number of carbonyl (C=O) groups is 1. The molecule has 2 atom stereocenters. The van der Waals surface area contributed by atoms with Crippen molar-refractivity contribution in [2.75, 3.05) is 19.6 Å². The molecule has 4 heteroatoms. The zero-order chi connectivity index (χ0) is 14.7. The van der Waals surface area contributed by atoms with Crippen LogP contribution < -0.4 is 10.6 Å². The zero-order valence-corrected chi connectivity index (χ0v) is 13.5. The summed E-state index contributed by atoms with van der Waals surface area (Å²) in [4.78, 5) is 14.5. The quantitative estimate of drug-likeness (QED) is 0.781. The molecule has 120 valence electrons. The van der Waals surface area contributed by atoms with Gasteiger partial charge in [-0.15, -0.1) is 0 Å². The van der Waals surface area contributed by atoms with Crippen molar-refractivity contribution in [1.82, 2.24) is 15.5 Å². The number of amides is 2. The van der Waals surface area contributed by atoms with E-state index in [1.807, 2.05) is 4.90 Å². The molecule has 0 radical (unpaired) electrons. The van der Waals surface area contributed by atoms with Crippen molar-refractivity contribution >= 4 is 6.03 Å². The van der Waals surface area contributed by atoms with E-state index in [1.165, 1.54) is 38.5 Å². The van der Waals surface area contributed by atoms with Crippen LogP contribution in [0.15, 0.2) is 0 Å². The summed E-state index contributed by atoms with van der Waals surface area (Å²) >= 11 is 0. The van der Waals surface area contributed by atoms with Crippen LogP contribution in [-0.2, 0) is 0 Å². The Bertz CT molecular complexity index is 360. The number of carbonyl (C=O) groups excluding carboxylic acids is 1. The van der Waals surface area contributed by atoms with Crippen molar-refractivity contribution in [3.05, 3.63) is 0 Å². The van der Waals surface area contributed by atoms with Crippen LogP contribution in [0.1, 0.15) is 64.7 Å². The Morgan fingerprint density at radius 3 is 2.76 bits per heavy atom. The number of rotatable bonds is 1. The van der Waals surface area contributed by atoms with Gasteiger partial charge >= 0.3 is 6.03 Å². The van der Waals surface area contributed by atoms with Gasteiger partial charge in [-0.2, -0.15) is 0 Å². The molecule has 0 aromatic carbocycles. The van der Waals surface area contributed by atoms with Crippen LogP contribution in [0.4, 0.5) is 4.79 Å². The lowest BCUT2D eigenvalue weighted by molar-refractivity contribution is 0.139. The minimum Gasteiger partial charge on any atom is -0.335 e.